The standard InChI is InChI=1S/C19H25N3O2S/c1-2-24-16-6-3-14(4-7-16)5-8-18(23)22-19-21-13-17(25-19)15-9-11-20-12-10-15/h3-4,6-7,13,15,20H,2,5,8-12H2,1H3,(H,21,22,23). The van der Waals surface area contributed by atoms with E-state index in [9.17, 15) is 4.79 Å². The van der Waals surface area contributed by atoms with E-state index in [0.717, 1.165) is 37.2 Å². The SMILES string of the molecule is CCOc1ccc(CCC(=O)Nc2ncc(C3CCNCC3)s2)cc1. The van der Waals surface area contributed by atoms with E-state index in [0.29, 0.717) is 30.5 Å². The first kappa shape index (κ1) is 17.9. The first-order valence-electron chi connectivity index (χ1n) is 8.92. The smallest absolute Gasteiger partial charge is 0.226 e. The molecule has 1 amide bonds. The van der Waals surface area contributed by atoms with E-state index < -0.39 is 0 Å². The summed E-state index contributed by atoms with van der Waals surface area (Å²) in [5.41, 5.74) is 1.13. The molecular weight excluding hydrogens is 334 g/mol. The minimum absolute atomic E-state index is 0.0140. The maximum absolute atomic E-state index is 12.2. The van der Waals surface area contributed by atoms with Crippen molar-refractivity contribution in [2.24, 2.45) is 0 Å². The average molecular weight is 359 g/mol. The van der Waals surface area contributed by atoms with Crippen LogP contribution in [0.4, 0.5) is 5.13 Å². The Morgan fingerprint density at radius 1 is 1.32 bits per heavy atom. The second-order valence-electron chi connectivity index (χ2n) is 6.22. The summed E-state index contributed by atoms with van der Waals surface area (Å²) in [5.74, 6) is 1.46. The van der Waals surface area contributed by atoms with Crippen molar-refractivity contribution >= 4 is 22.4 Å². The van der Waals surface area contributed by atoms with Crippen LogP contribution >= 0.6 is 11.3 Å². The van der Waals surface area contributed by atoms with E-state index >= 15 is 0 Å². The molecule has 0 bridgehead atoms. The van der Waals surface area contributed by atoms with E-state index in [1.165, 1.54) is 4.88 Å². The molecule has 1 aromatic carbocycles. The molecule has 2 heterocycles. The fourth-order valence-electron chi connectivity index (χ4n) is 3.00. The Kier molecular flexibility index (Phi) is 6.42. The second-order valence-corrected chi connectivity index (χ2v) is 7.28. The van der Waals surface area contributed by atoms with Gasteiger partial charge in [0.1, 0.15) is 5.75 Å². The lowest BCUT2D eigenvalue weighted by atomic mass is 9.97. The monoisotopic (exact) mass is 359 g/mol. The number of nitrogens with zero attached hydrogens (tertiary/aromatic N) is 1. The van der Waals surface area contributed by atoms with Gasteiger partial charge in [0.25, 0.3) is 0 Å². The highest BCUT2D eigenvalue weighted by Gasteiger charge is 2.18. The fraction of sp³-hybridized carbons (Fsp3) is 0.474. The number of amides is 1. The Morgan fingerprint density at radius 3 is 2.80 bits per heavy atom. The van der Waals surface area contributed by atoms with Gasteiger partial charge in [-0.05, 0) is 62.9 Å². The van der Waals surface area contributed by atoms with Gasteiger partial charge >= 0.3 is 0 Å². The number of hydrogen-bond acceptors (Lipinski definition) is 5. The predicted molar refractivity (Wildman–Crippen MR) is 102 cm³/mol. The van der Waals surface area contributed by atoms with Crippen LogP contribution in [0.2, 0.25) is 0 Å². The number of hydrogen-bond donors (Lipinski definition) is 2. The molecule has 2 N–H and O–H groups in total. The molecule has 5 nitrogen and oxygen atoms in total. The highest BCUT2D eigenvalue weighted by atomic mass is 32.1. The molecule has 25 heavy (non-hydrogen) atoms. The van der Waals surface area contributed by atoms with Gasteiger partial charge in [-0.2, -0.15) is 0 Å². The number of carbonyl (C=O) groups is 1. The van der Waals surface area contributed by atoms with Crippen LogP contribution in [0.1, 0.15) is 42.5 Å². The van der Waals surface area contributed by atoms with Crippen LogP contribution in [-0.4, -0.2) is 30.6 Å². The lowest BCUT2D eigenvalue weighted by molar-refractivity contribution is -0.116. The third-order valence-electron chi connectivity index (χ3n) is 4.39. The zero-order chi connectivity index (χ0) is 17.5. The van der Waals surface area contributed by atoms with Crippen molar-refractivity contribution in [3.8, 4) is 5.75 Å². The zero-order valence-corrected chi connectivity index (χ0v) is 15.4. The van der Waals surface area contributed by atoms with E-state index in [1.807, 2.05) is 37.4 Å². The third-order valence-corrected chi connectivity index (χ3v) is 5.46. The van der Waals surface area contributed by atoms with Crippen LogP contribution in [0.5, 0.6) is 5.75 Å². The molecule has 0 radical (unpaired) electrons. The molecule has 6 heteroatoms. The number of thiazole rings is 1. The zero-order valence-electron chi connectivity index (χ0n) is 14.6. The summed E-state index contributed by atoms with van der Waals surface area (Å²) in [6.45, 7) is 4.75. The van der Waals surface area contributed by atoms with Crippen molar-refractivity contribution < 1.29 is 9.53 Å². The Labute approximate surface area is 152 Å². The molecule has 0 unspecified atom stereocenters. The summed E-state index contributed by atoms with van der Waals surface area (Å²) in [6.07, 6.45) is 5.38. The van der Waals surface area contributed by atoms with Crippen LogP contribution in [0, 0.1) is 0 Å². The summed E-state index contributed by atoms with van der Waals surface area (Å²) in [4.78, 5) is 17.8. The Hall–Kier alpha value is -1.92. The van der Waals surface area contributed by atoms with Crippen molar-refractivity contribution in [1.29, 1.82) is 0 Å². The number of nitrogens with one attached hydrogen (secondary N) is 2. The molecule has 2 aromatic rings. The number of carbonyl (C=O) groups excluding carboxylic acids is 1. The molecule has 0 saturated carbocycles. The fourth-order valence-corrected chi connectivity index (χ4v) is 4.00. The molecule has 0 spiro atoms. The summed E-state index contributed by atoms with van der Waals surface area (Å²) < 4.78 is 5.43. The van der Waals surface area contributed by atoms with Gasteiger partial charge in [-0.3, -0.25) is 4.79 Å². The molecule has 3 rings (SSSR count). The van der Waals surface area contributed by atoms with Gasteiger partial charge in [0.15, 0.2) is 5.13 Å². The second kappa shape index (κ2) is 8.97. The number of aryl methyl sites for hydroxylation is 1. The van der Waals surface area contributed by atoms with Gasteiger partial charge in [0.2, 0.25) is 5.91 Å². The molecule has 1 saturated heterocycles. The van der Waals surface area contributed by atoms with E-state index in [2.05, 4.69) is 15.6 Å². The van der Waals surface area contributed by atoms with Gasteiger partial charge in [0, 0.05) is 17.5 Å². The number of piperidine rings is 1. The van der Waals surface area contributed by atoms with Crippen LogP contribution in [0.3, 0.4) is 0 Å². The van der Waals surface area contributed by atoms with Gasteiger partial charge in [-0.15, -0.1) is 11.3 Å². The Balaban J connectivity index is 1.46. The normalized spacial score (nSPS) is 15.1. The number of anilines is 1. The van der Waals surface area contributed by atoms with E-state index in [4.69, 9.17) is 4.74 Å². The van der Waals surface area contributed by atoms with E-state index in [1.54, 1.807) is 11.3 Å². The number of rotatable bonds is 7. The minimum atomic E-state index is 0.0140. The molecular formula is C19H25N3O2S. The molecule has 0 aliphatic carbocycles. The van der Waals surface area contributed by atoms with E-state index in [-0.39, 0.29) is 5.91 Å². The van der Waals surface area contributed by atoms with Gasteiger partial charge in [0.05, 0.1) is 6.61 Å². The number of benzene rings is 1. The highest BCUT2D eigenvalue weighted by Crippen LogP contribution is 2.31. The van der Waals surface area contributed by atoms with Crippen LogP contribution in [0.15, 0.2) is 30.5 Å². The maximum atomic E-state index is 12.2. The number of ether oxygens (including phenoxy) is 1. The van der Waals surface area contributed by atoms with Crippen LogP contribution in [0.25, 0.3) is 0 Å². The Morgan fingerprint density at radius 2 is 2.08 bits per heavy atom. The number of aromatic nitrogens is 1. The van der Waals surface area contributed by atoms with Crippen molar-refractivity contribution in [2.75, 3.05) is 25.0 Å². The molecule has 0 atom stereocenters. The lowest BCUT2D eigenvalue weighted by Gasteiger charge is -2.20. The third kappa shape index (κ3) is 5.28. The minimum Gasteiger partial charge on any atom is -0.494 e. The van der Waals surface area contributed by atoms with Crippen molar-refractivity contribution in [1.82, 2.24) is 10.3 Å². The highest BCUT2D eigenvalue weighted by molar-refractivity contribution is 7.15. The average Bonchev–Trinajstić information content (AvgIpc) is 3.11. The first-order valence-corrected chi connectivity index (χ1v) is 9.74. The van der Waals surface area contributed by atoms with Gasteiger partial charge < -0.3 is 15.4 Å². The molecule has 134 valence electrons. The summed E-state index contributed by atoms with van der Waals surface area (Å²) in [5, 5.41) is 7.02. The molecule has 1 fully saturated rings. The quantitative estimate of drug-likeness (QED) is 0.793. The predicted octanol–water partition coefficient (Wildman–Crippen LogP) is 3.58. The maximum Gasteiger partial charge on any atom is 0.226 e. The first-order chi connectivity index (χ1) is 12.2. The largest absolute Gasteiger partial charge is 0.494 e. The molecule has 1 aliphatic rings. The molecule has 1 aliphatic heterocycles. The van der Waals surface area contributed by atoms with Gasteiger partial charge in [-0.1, -0.05) is 12.1 Å². The summed E-state index contributed by atoms with van der Waals surface area (Å²) in [7, 11) is 0. The molecule has 1 aromatic heterocycles. The Bertz CT molecular complexity index is 678. The summed E-state index contributed by atoms with van der Waals surface area (Å²) >= 11 is 1.61. The van der Waals surface area contributed by atoms with Crippen molar-refractivity contribution in [3.05, 3.63) is 40.9 Å². The van der Waals surface area contributed by atoms with Crippen molar-refractivity contribution in [3.63, 3.8) is 0 Å². The van der Waals surface area contributed by atoms with Crippen LogP contribution < -0.4 is 15.4 Å². The van der Waals surface area contributed by atoms with Crippen LogP contribution in [-0.2, 0) is 11.2 Å². The van der Waals surface area contributed by atoms with Crippen molar-refractivity contribution in [2.45, 2.75) is 38.5 Å². The van der Waals surface area contributed by atoms with Gasteiger partial charge in [-0.25, -0.2) is 4.98 Å². The summed E-state index contributed by atoms with van der Waals surface area (Å²) in [6, 6.07) is 7.92. The topological polar surface area (TPSA) is 63.2 Å². The lowest BCUT2D eigenvalue weighted by Crippen LogP contribution is -2.26.